The maximum absolute atomic E-state index is 12.4. The van der Waals surface area contributed by atoms with Crippen LogP contribution in [0.4, 0.5) is 0 Å². The summed E-state index contributed by atoms with van der Waals surface area (Å²) in [6.07, 6.45) is 1.10. The van der Waals surface area contributed by atoms with Gasteiger partial charge in [-0.3, -0.25) is 9.59 Å². The van der Waals surface area contributed by atoms with E-state index in [1.54, 1.807) is 43.4 Å². The first kappa shape index (κ1) is 18.8. The number of hydrogen-bond donors (Lipinski definition) is 1. The molecule has 1 unspecified atom stereocenters. The lowest BCUT2D eigenvalue weighted by molar-refractivity contribution is -0.127. The van der Waals surface area contributed by atoms with Gasteiger partial charge in [0.1, 0.15) is 11.5 Å². The van der Waals surface area contributed by atoms with Crippen LogP contribution in [-0.2, 0) is 11.2 Å². The Balaban J connectivity index is 1.52. The van der Waals surface area contributed by atoms with Crippen molar-refractivity contribution in [3.05, 3.63) is 59.7 Å². The molecule has 0 aromatic heterocycles. The Hall–Kier alpha value is -3.02. The van der Waals surface area contributed by atoms with Gasteiger partial charge in [-0.1, -0.05) is 18.2 Å². The molecule has 142 valence electrons. The fourth-order valence-electron chi connectivity index (χ4n) is 3.17. The molecule has 1 heterocycles. The fourth-order valence-corrected chi connectivity index (χ4v) is 3.17. The van der Waals surface area contributed by atoms with Crippen molar-refractivity contribution in [2.75, 3.05) is 27.3 Å². The van der Waals surface area contributed by atoms with Gasteiger partial charge in [0.2, 0.25) is 5.91 Å². The summed E-state index contributed by atoms with van der Waals surface area (Å²) in [4.78, 5) is 26.5. The van der Waals surface area contributed by atoms with E-state index in [2.05, 4.69) is 5.32 Å². The predicted molar refractivity (Wildman–Crippen MR) is 102 cm³/mol. The second kappa shape index (κ2) is 8.58. The highest BCUT2D eigenvalue weighted by atomic mass is 16.5. The summed E-state index contributed by atoms with van der Waals surface area (Å²) in [6.45, 7) is 1.17. The molecule has 6 nitrogen and oxygen atoms in total. The number of benzene rings is 2. The highest BCUT2D eigenvalue weighted by Crippen LogP contribution is 2.17. The number of nitrogens with zero attached hydrogens (tertiary/aromatic N) is 1. The van der Waals surface area contributed by atoms with Crippen LogP contribution in [0.5, 0.6) is 11.5 Å². The van der Waals surface area contributed by atoms with Gasteiger partial charge in [0, 0.05) is 25.1 Å². The Bertz CT molecular complexity index is 804. The summed E-state index contributed by atoms with van der Waals surface area (Å²) in [5, 5.41) is 2.95. The molecule has 1 atom stereocenters. The average Bonchev–Trinajstić information content (AvgIpc) is 3.05. The van der Waals surface area contributed by atoms with Crippen LogP contribution in [0.25, 0.3) is 0 Å². The molecule has 0 bridgehead atoms. The van der Waals surface area contributed by atoms with Crippen LogP contribution in [0.3, 0.4) is 0 Å². The van der Waals surface area contributed by atoms with Crippen LogP contribution in [0.2, 0.25) is 0 Å². The van der Waals surface area contributed by atoms with Crippen molar-refractivity contribution in [2.24, 2.45) is 0 Å². The quantitative estimate of drug-likeness (QED) is 0.814. The first-order valence-electron chi connectivity index (χ1n) is 8.94. The molecule has 2 amide bonds. The summed E-state index contributed by atoms with van der Waals surface area (Å²) < 4.78 is 10.3. The van der Waals surface area contributed by atoms with Gasteiger partial charge >= 0.3 is 0 Å². The van der Waals surface area contributed by atoms with Gasteiger partial charge in [0.05, 0.1) is 20.3 Å². The molecule has 1 saturated heterocycles. The minimum absolute atomic E-state index is 0.0689. The summed E-state index contributed by atoms with van der Waals surface area (Å²) in [7, 11) is 3.20. The van der Waals surface area contributed by atoms with Gasteiger partial charge in [0.15, 0.2) is 0 Å². The minimum Gasteiger partial charge on any atom is -0.497 e. The van der Waals surface area contributed by atoms with Gasteiger partial charge in [0.25, 0.3) is 5.91 Å². The second-order valence-corrected chi connectivity index (χ2v) is 6.54. The van der Waals surface area contributed by atoms with E-state index in [1.807, 2.05) is 24.3 Å². The van der Waals surface area contributed by atoms with Crippen LogP contribution in [0.15, 0.2) is 48.5 Å². The molecule has 1 N–H and O–H groups in total. The van der Waals surface area contributed by atoms with E-state index < -0.39 is 0 Å². The van der Waals surface area contributed by atoms with E-state index in [0.29, 0.717) is 30.8 Å². The number of likely N-dealkylation sites (tertiary alicyclic amines) is 1. The molecule has 1 aliphatic heterocycles. The molecule has 0 saturated carbocycles. The zero-order chi connectivity index (χ0) is 19.2. The molecule has 0 spiro atoms. The summed E-state index contributed by atoms with van der Waals surface area (Å²) >= 11 is 0. The molecule has 1 fully saturated rings. The van der Waals surface area contributed by atoms with E-state index in [4.69, 9.17) is 9.47 Å². The van der Waals surface area contributed by atoms with Gasteiger partial charge in [-0.15, -0.1) is 0 Å². The van der Waals surface area contributed by atoms with Gasteiger partial charge in [-0.05, 0) is 42.3 Å². The fraction of sp³-hybridized carbons (Fsp3) is 0.333. The first-order chi connectivity index (χ1) is 13.1. The Kier molecular flexibility index (Phi) is 5.96. The molecule has 1 aliphatic rings. The predicted octanol–water partition coefficient (Wildman–Crippen LogP) is 2.28. The van der Waals surface area contributed by atoms with Crippen LogP contribution in [0, 0.1) is 0 Å². The van der Waals surface area contributed by atoms with E-state index in [-0.39, 0.29) is 17.9 Å². The Morgan fingerprint density at radius 2 is 1.85 bits per heavy atom. The lowest BCUT2D eigenvalue weighted by Crippen LogP contribution is -2.37. The average molecular weight is 368 g/mol. The van der Waals surface area contributed by atoms with E-state index in [0.717, 1.165) is 17.7 Å². The Morgan fingerprint density at radius 3 is 2.56 bits per heavy atom. The van der Waals surface area contributed by atoms with Crippen molar-refractivity contribution in [3.8, 4) is 11.5 Å². The van der Waals surface area contributed by atoms with Crippen molar-refractivity contribution in [1.29, 1.82) is 0 Å². The number of nitrogens with one attached hydrogen (secondary N) is 1. The molecular weight excluding hydrogens is 344 g/mol. The second-order valence-electron chi connectivity index (χ2n) is 6.54. The van der Waals surface area contributed by atoms with Crippen molar-refractivity contribution < 1.29 is 19.1 Å². The molecule has 3 rings (SSSR count). The SMILES string of the molecule is COc1ccc(CCN2CC(NC(=O)c3cccc(OC)c3)CC2=O)cc1. The van der Waals surface area contributed by atoms with E-state index in [9.17, 15) is 9.59 Å². The van der Waals surface area contributed by atoms with Gasteiger partial charge in [-0.2, -0.15) is 0 Å². The third-order valence-corrected chi connectivity index (χ3v) is 4.71. The molecule has 0 radical (unpaired) electrons. The van der Waals surface area contributed by atoms with Gasteiger partial charge in [-0.25, -0.2) is 0 Å². The standard InChI is InChI=1S/C21H24N2O4/c1-26-18-8-6-15(7-9-18)10-11-23-14-17(13-20(23)24)22-21(25)16-4-3-5-19(12-16)27-2/h3-9,12,17H,10-11,13-14H2,1-2H3,(H,22,25). The van der Waals surface area contributed by atoms with Crippen LogP contribution >= 0.6 is 0 Å². The van der Waals surface area contributed by atoms with Crippen molar-refractivity contribution in [1.82, 2.24) is 10.2 Å². The Morgan fingerprint density at radius 1 is 1.11 bits per heavy atom. The zero-order valence-corrected chi connectivity index (χ0v) is 15.6. The maximum Gasteiger partial charge on any atom is 0.251 e. The summed E-state index contributed by atoms with van der Waals surface area (Å²) in [5.41, 5.74) is 1.67. The number of amides is 2. The monoisotopic (exact) mass is 368 g/mol. The molecule has 2 aromatic rings. The summed E-state index contributed by atoms with van der Waals surface area (Å²) in [5.74, 6) is 1.32. The molecule has 0 aliphatic carbocycles. The third kappa shape index (κ3) is 4.78. The normalized spacial score (nSPS) is 16.3. The Labute approximate surface area is 159 Å². The molecule has 6 heteroatoms. The number of hydrogen-bond acceptors (Lipinski definition) is 4. The van der Waals surface area contributed by atoms with Crippen molar-refractivity contribution in [2.45, 2.75) is 18.9 Å². The highest BCUT2D eigenvalue weighted by molar-refractivity contribution is 5.95. The minimum atomic E-state index is -0.191. The zero-order valence-electron chi connectivity index (χ0n) is 15.6. The van der Waals surface area contributed by atoms with E-state index >= 15 is 0 Å². The number of rotatable bonds is 7. The van der Waals surface area contributed by atoms with Crippen LogP contribution in [-0.4, -0.2) is 50.1 Å². The lowest BCUT2D eigenvalue weighted by atomic mass is 10.1. The smallest absolute Gasteiger partial charge is 0.251 e. The number of carbonyl (C=O) groups is 2. The maximum atomic E-state index is 12.4. The molecule has 27 heavy (non-hydrogen) atoms. The topological polar surface area (TPSA) is 67.9 Å². The highest BCUT2D eigenvalue weighted by Gasteiger charge is 2.30. The summed E-state index contributed by atoms with van der Waals surface area (Å²) in [6, 6.07) is 14.6. The van der Waals surface area contributed by atoms with Crippen molar-refractivity contribution in [3.63, 3.8) is 0 Å². The van der Waals surface area contributed by atoms with Crippen LogP contribution < -0.4 is 14.8 Å². The lowest BCUT2D eigenvalue weighted by Gasteiger charge is -2.17. The van der Waals surface area contributed by atoms with Gasteiger partial charge < -0.3 is 19.7 Å². The third-order valence-electron chi connectivity index (χ3n) is 4.71. The molecule has 2 aromatic carbocycles. The number of ether oxygens (including phenoxy) is 2. The molecular formula is C21H24N2O4. The number of methoxy groups -OCH3 is 2. The van der Waals surface area contributed by atoms with Crippen LogP contribution in [0.1, 0.15) is 22.3 Å². The van der Waals surface area contributed by atoms with Crippen molar-refractivity contribution >= 4 is 11.8 Å². The number of carbonyl (C=O) groups excluding carboxylic acids is 2. The first-order valence-corrected chi connectivity index (χ1v) is 8.94. The van der Waals surface area contributed by atoms with E-state index in [1.165, 1.54) is 0 Å². The largest absolute Gasteiger partial charge is 0.497 e.